The molecule has 18 heavy (non-hydrogen) atoms. The van der Waals surface area contributed by atoms with Crippen LogP contribution in [0.25, 0.3) is 0 Å². The highest BCUT2D eigenvalue weighted by molar-refractivity contribution is 5.84. The van der Waals surface area contributed by atoms with Gasteiger partial charge in [0.1, 0.15) is 0 Å². The monoisotopic (exact) mass is 254 g/mol. The molecule has 3 atom stereocenters. The molecule has 0 spiro atoms. The number of likely N-dealkylation sites (tertiary alicyclic amines) is 1. The molecular formula is C13H22N2O3. The maximum Gasteiger partial charge on any atom is 0.308 e. The van der Waals surface area contributed by atoms with E-state index >= 15 is 0 Å². The van der Waals surface area contributed by atoms with Crippen LogP contribution >= 0.6 is 0 Å². The predicted octanol–water partition coefficient (Wildman–Crippen LogP) is 0.555. The zero-order valence-corrected chi connectivity index (χ0v) is 11.1. The largest absolute Gasteiger partial charge is 0.481 e. The Balaban J connectivity index is 2.04. The molecule has 0 saturated carbocycles. The van der Waals surface area contributed by atoms with E-state index in [9.17, 15) is 9.59 Å². The van der Waals surface area contributed by atoms with E-state index in [4.69, 9.17) is 5.11 Å². The van der Waals surface area contributed by atoms with E-state index in [1.54, 1.807) is 4.90 Å². The lowest BCUT2D eigenvalue weighted by molar-refractivity contribution is -0.143. The molecule has 0 radical (unpaired) electrons. The van der Waals surface area contributed by atoms with Gasteiger partial charge >= 0.3 is 5.97 Å². The summed E-state index contributed by atoms with van der Waals surface area (Å²) in [4.78, 5) is 25.4. The Hall–Kier alpha value is -1.10. The molecule has 0 aromatic heterocycles. The van der Waals surface area contributed by atoms with Gasteiger partial charge in [-0.25, -0.2) is 0 Å². The van der Waals surface area contributed by atoms with E-state index in [1.165, 1.54) is 0 Å². The molecule has 5 heteroatoms. The van der Waals surface area contributed by atoms with Crippen LogP contribution in [-0.2, 0) is 9.59 Å². The van der Waals surface area contributed by atoms with Crippen LogP contribution in [0.5, 0.6) is 0 Å². The van der Waals surface area contributed by atoms with Gasteiger partial charge in [-0.2, -0.15) is 0 Å². The average Bonchev–Trinajstić information content (AvgIpc) is 2.71. The molecule has 2 heterocycles. The zero-order valence-electron chi connectivity index (χ0n) is 11.1. The van der Waals surface area contributed by atoms with Crippen LogP contribution in [0.15, 0.2) is 0 Å². The first kappa shape index (κ1) is 13.3. The molecule has 2 rings (SSSR count). The lowest BCUT2D eigenvalue weighted by Crippen LogP contribution is -2.49. The topological polar surface area (TPSA) is 69.6 Å². The summed E-state index contributed by atoms with van der Waals surface area (Å²) < 4.78 is 0. The van der Waals surface area contributed by atoms with Crippen molar-refractivity contribution in [3.8, 4) is 0 Å². The van der Waals surface area contributed by atoms with Gasteiger partial charge < -0.3 is 15.3 Å². The Bertz CT molecular complexity index is 350. The minimum Gasteiger partial charge on any atom is -0.481 e. The molecule has 5 nitrogen and oxygen atoms in total. The summed E-state index contributed by atoms with van der Waals surface area (Å²) in [5, 5.41) is 12.4. The summed E-state index contributed by atoms with van der Waals surface area (Å²) in [6.07, 6.45) is 1.90. The summed E-state index contributed by atoms with van der Waals surface area (Å²) in [5.41, 5.74) is -0.356. The van der Waals surface area contributed by atoms with Crippen molar-refractivity contribution in [3.63, 3.8) is 0 Å². The first-order valence-electron chi connectivity index (χ1n) is 6.67. The van der Waals surface area contributed by atoms with Crippen LogP contribution < -0.4 is 5.32 Å². The van der Waals surface area contributed by atoms with Crippen LogP contribution in [0.4, 0.5) is 0 Å². The molecule has 2 saturated heterocycles. The molecule has 2 fully saturated rings. The second-order valence-corrected chi connectivity index (χ2v) is 5.97. The third kappa shape index (κ3) is 2.36. The van der Waals surface area contributed by atoms with Gasteiger partial charge in [-0.15, -0.1) is 0 Å². The fraction of sp³-hybridized carbons (Fsp3) is 0.846. The molecule has 0 bridgehead atoms. The number of carbonyl (C=O) groups excluding carboxylic acids is 1. The number of nitrogens with zero attached hydrogens (tertiary/aromatic N) is 1. The number of amides is 1. The zero-order chi connectivity index (χ0) is 13.3. The maximum atomic E-state index is 12.5. The third-order valence-electron chi connectivity index (χ3n) is 4.33. The molecular weight excluding hydrogens is 232 g/mol. The highest BCUT2D eigenvalue weighted by Gasteiger charge is 2.43. The number of carbonyl (C=O) groups is 2. The number of nitrogens with one attached hydrogen (secondary N) is 1. The van der Waals surface area contributed by atoms with E-state index in [0.717, 1.165) is 19.4 Å². The molecule has 0 aromatic carbocycles. The first-order chi connectivity index (χ1) is 8.44. The quantitative estimate of drug-likeness (QED) is 0.755. The molecule has 1 amide bonds. The van der Waals surface area contributed by atoms with Crippen molar-refractivity contribution in [1.82, 2.24) is 10.2 Å². The van der Waals surface area contributed by atoms with Gasteiger partial charge in [0.15, 0.2) is 0 Å². The highest BCUT2D eigenvalue weighted by atomic mass is 16.4. The minimum atomic E-state index is -0.787. The summed E-state index contributed by atoms with van der Waals surface area (Å²) in [6.45, 7) is 6.51. The standard InChI is InChI=1S/C13H22N2O3/c1-9-6-15(7-10(9)11(16)17)12(18)13(2)4-3-5-14-8-13/h9-10,14H,3-8H2,1-2H3,(H,16,17)/t9-,10-,13?/m1/s1. The van der Waals surface area contributed by atoms with Crippen molar-refractivity contribution in [2.24, 2.45) is 17.3 Å². The van der Waals surface area contributed by atoms with Crippen LogP contribution in [0, 0.1) is 17.3 Å². The van der Waals surface area contributed by atoms with Crippen molar-refractivity contribution in [1.29, 1.82) is 0 Å². The van der Waals surface area contributed by atoms with Gasteiger partial charge in [0.05, 0.1) is 11.3 Å². The SMILES string of the molecule is C[C@@H]1CN(C(=O)C2(C)CCCNC2)C[C@H]1C(=O)O. The number of hydrogen-bond donors (Lipinski definition) is 2. The predicted molar refractivity (Wildman–Crippen MR) is 67.1 cm³/mol. The molecule has 2 aliphatic heterocycles. The van der Waals surface area contributed by atoms with Crippen molar-refractivity contribution in [3.05, 3.63) is 0 Å². The second-order valence-electron chi connectivity index (χ2n) is 5.97. The summed E-state index contributed by atoms with van der Waals surface area (Å²) in [5.74, 6) is -1.03. The van der Waals surface area contributed by atoms with Crippen molar-refractivity contribution < 1.29 is 14.7 Å². The Kier molecular flexibility index (Phi) is 3.61. The highest BCUT2D eigenvalue weighted by Crippen LogP contribution is 2.32. The molecule has 1 unspecified atom stereocenters. The molecule has 2 aliphatic rings. The summed E-state index contributed by atoms with van der Waals surface area (Å²) in [6, 6.07) is 0. The van der Waals surface area contributed by atoms with E-state index in [1.807, 2.05) is 13.8 Å². The van der Waals surface area contributed by atoms with Crippen LogP contribution in [0.1, 0.15) is 26.7 Å². The molecule has 0 aromatic rings. The maximum absolute atomic E-state index is 12.5. The Morgan fingerprint density at radius 1 is 1.39 bits per heavy atom. The van der Waals surface area contributed by atoms with Gasteiger partial charge in [-0.05, 0) is 32.2 Å². The summed E-state index contributed by atoms with van der Waals surface area (Å²) >= 11 is 0. The number of carboxylic acids is 1. The molecule has 102 valence electrons. The van der Waals surface area contributed by atoms with Gasteiger partial charge in [0.25, 0.3) is 0 Å². The van der Waals surface area contributed by atoms with E-state index in [-0.39, 0.29) is 17.2 Å². The average molecular weight is 254 g/mol. The Morgan fingerprint density at radius 2 is 2.11 bits per heavy atom. The molecule has 2 N–H and O–H groups in total. The third-order valence-corrected chi connectivity index (χ3v) is 4.33. The van der Waals surface area contributed by atoms with Crippen molar-refractivity contribution in [2.75, 3.05) is 26.2 Å². The van der Waals surface area contributed by atoms with Gasteiger partial charge in [0.2, 0.25) is 5.91 Å². The number of carboxylic acid groups (broad SMARTS) is 1. The number of aliphatic carboxylic acids is 1. The fourth-order valence-corrected chi connectivity index (χ4v) is 3.07. The molecule has 0 aliphatic carbocycles. The lowest BCUT2D eigenvalue weighted by Gasteiger charge is -2.36. The lowest BCUT2D eigenvalue weighted by atomic mass is 9.81. The van der Waals surface area contributed by atoms with Crippen LogP contribution in [0.3, 0.4) is 0 Å². The van der Waals surface area contributed by atoms with Gasteiger partial charge in [0, 0.05) is 19.6 Å². The van der Waals surface area contributed by atoms with E-state index in [2.05, 4.69) is 5.32 Å². The van der Waals surface area contributed by atoms with E-state index < -0.39 is 11.9 Å². The van der Waals surface area contributed by atoms with Gasteiger partial charge in [-0.3, -0.25) is 9.59 Å². The smallest absolute Gasteiger partial charge is 0.308 e. The first-order valence-corrected chi connectivity index (χ1v) is 6.67. The van der Waals surface area contributed by atoms with Crippen LogP contribution in [0.2, 0.25) is 0 Å². The Morgan fingerprint density at radius 3 is 2.61 bits per heavy atom. The van der Waals surface area contributed by atoms with Crippen molar-refractivity contribution in [2.45, 2.75) is 26.7 Å². The fourth-order valence-electron chi connectivity index (χ4n) is 3.07. The van der Waals surface area contributed by atoms with Gasteiger partial charge in [-0.1, -0.05) is 6.92 Å². The normalized spacial score (nSPS) is 36.7. The Labute approximate surface area is 108 Å². The van der Waals surface area contributed by atoms with Crippen LogP contribution in [-0.4, -0.2) is 48.1 Å². The summed E-state index contributed by atoms with van der Waals surface area (Å²) in [7, 11) is 0. The minimum absolute atomic E-state index is 0.0478. The second kappa shape index (κ2) is 4.88. The van der Waals surface area contributed by atoms with Crippen molar-refractivity contribution >= 4 is 11.9 Å². The number of rotatable bonds is 2. The number of piperidine rings is 1. The number of hydrogen-bond acceptors (Lipinski definition) is 3. The van der Waals surface area contributed by atoms with E-state index in [0.29, 0.717) is 19.6 Å².